The minimum Gasteiger partial charge on any atom is -0.493 e. The number of carbonyl (C=O) groups excluding carboxylic acids is 1. The number of sulfonamides is 1. The summed E-state index contributed by atoms with van der Waals surface area (Å²) in [6, 6.07) is 15.0. The van der Waals surface area contributed by atoms with E-state index in [9.17, 15) is 13.2 Å². The molecule has 27 heavy (non-hydrogen) atoms. The molecule has 0 aliphatic heterocycles. The van der Waals surface area contributed by atoms with Gasteiger partial charge in [-0.3, -0.25) is 0 Å². The monoisotopic (exact) mass is 391 g/mol. The average Bonchev–Trinajstić information content (AvgIpc) is 2.68. The second kappa shape index (κ2) is 10.1. The van der Waals surface area contributed by atoms with Crippen LogP contribution in [0.4, 0.5) is 0 Å². The van der Waals surface area contributed by atoms with Gasteiger partial charge in [0.1, 0.15) is 5.75 Å². The molecule has 0 saturated carbocycles. The molecule has 1 atom stereocenters. The van der Waals surface area contributed by atoms with Gasteiger partial charge in [0.25, 0.3) is 0 Å². The SMILES string of the molecule is CCC(C)NS(=O)(=O)c1ccc(C(=O)OCCCOc2ccccc2)cc1. The van der Waals surface area contributed by atoms with E-state index in [-0.39, 0.29) is 17.5 Å². The van der Waals surface area contributed by atoms with Crippen LogP contribution >= 0.6 is 0 Å². The predicted molar refractivity (Wildman–Crippen MR) is 103 cm³/mol. The zero-order valence-electron chi connectivity index (χ0n) is 15.6. The Morgan fingerprint density at radius 3 is 2.33 bits per heavy atom. The maximum absolute atomic E-state index is 12.2. The summed E-state index contributed by atoms with van der Waals surface area (Å²) in [4.78, 5) is 12.2. The minimum absolute atomic E-state index is 0.121. The fourth-order valence-corrected chi connectivity index (χ4v) is 3.53. The molecule has 0 heterocycles. The topological polar surface area (TPSA) is 81.7 Å². The molecule has 1 unspecified atom stereocenters. The third kappa shape index (κ3) is 6.69. The molecule has 2 aromatic rings. The molecule has 0 fully saturated rings. The van der Waals surface area contributed by atoms with E-state index in [1.807, 2.05) is 37.3 Å². The third-order valence-electron chi connectivity index (χ3n) is 3.90. The van der Waals surface area contributed by atoms with Crippen molar-refractivity contribution in [1.29, 1.82) is 0 Å². The minimum atomic E-state index is -3.58. The largest absolute Gasteiger partial charge is 0.493 e. The molecular weight excluding hydrogens is 366 g/mol. The van der Waals surface area contributed by atoms with Crippen LogP contribution in [0.3, 0.4) is 0 Å². The van der Waals surface area contributed by atoms with Gasteiger partial charge < -0.3 is 9.47 Å². The number of hydrogen-bond donors (Lipinski definition) is 1. The Labute approximate surface area is 160 Å². The number of carbonyl (C=O) groups is 1. The van der Waals surface area contributed by atoms with E-state index in [4.69, 9.17) is 9.47 Å². The van der Waals surface area contributed by atoms with Crippen molar-refractivity contribution in [2.45, 2.75) is 37.6 Å². The lowest BCUT2D eigenvalue weighted by Gasteiger charge is -2.12. The first-order chi connectivity index (χ1) is 12.9. The maximum Gasteiger partial charge on any atom is 0.338 e. The highest BCUT2D eigenvalue weighted by Gasteiger charge is 2.17. The Kier molecular flexibility index (Phi) is 7.82. The summed E-state index contributed by atoms with van der Waals surface area (Å²) in [5, 5.41) is 0. The molecule has 6 nitrogen and oxygen atoms in total. The molecule has 0 aliphatic rings. The van der Waals surface area contributed by atoms with Gasteiger partial charge in [-0.25, -0.2) is 17.9 Å². The van der Waals surface area contributed by atoms with Crippen LogP contribution in [0, 0.1) is 0 Å². The van der Waals surface area contributed by atoms with E-state index in [2.05, 4.69) is 4.72 Å². The molecule has 7 heteroatoms. The molecule has 0 spiro atoms. The second-order valence-corrected chi connectivity index (χ2v) is 7.82. The summed E-state index contributed by atoms with van der Waals surface area (Å²) in [7, 11) is -3.58. The van der Waals surface area contributed by atoms with E-state index in [0.717, 1.165) is 5.75 Å². The summed E-state index contributed by atoms with van der Waals surface area (Å²) >= 11 is 0. The summed E-state index contributed by atoms with van der Waals surface area (Å²) in [5.41, 5.74) is 0.307. The Morgan fingerprint density at radius 2 is 1.70 bits per heavy atom. The van der Waals surface area contributed by atoms with Gasteiger partial charge in [0, 0.05) is 12.5 Å². The van der Waals surface area contributed by atoms with Crippen molar-refractivity contribution in [3.05, 3.63) is 60.2 Å². The smallest absolute Gasteiger partial charge is 0.338 e. The number of esters is 1. The van der Waals surface area contributed by atoms with Crippen molar-refractivity contribution in [2.24, 2.45) is 0 Å². The Bertz CT molecular complexity index is 819. The van der Waals surface area contributed by atoms with Crippen molar-refractivity contribution < 1.29 is 22.7 Å². The Morgan fingerprint density at radius 1 is 1.04 bits per heavy atom. The van der Waals surface area contributed by atoms with Crippen molar-refractivity contribution >= 4 is 16.0 Å². The number of hydrogen-bond acceptors (Lipinski definition) is 5. The van der Waals surface area contributed by atoms with Crippen LogP contribution in [0.1, 0.15) is 37.0 Å². The number of rotatable bonds is 10. The molecule has 0 bridgehead atoms. The van der Waals surface area contributed by atoms with E-state index in [1.165, 1.54) is 24.3 Å². The summed E-state index contributed by atoms with van der Waals surface area (Å²) in [5.74, 6) is 0.278. The lowest BCUT2D eigenvalue weighted by Crippen LogP contribution is -2.32. The quantitative estimate of drug-likeness (QED) is 0.496. The molecule has 0 aliphatic carbocycles. The number of benzene rings is 2. The first-order valence-corrected chi connectivity index (χ1v) is 10.4. The van der Waals surface area contributed by atoms with E-state index in [1.54, 1.807) is 6.92 Å². The zero-order chi connectivity index (χ0) is 19.7. The molecular formula is C20H25NO5S. The fraction of sp³-hybridized carbons (Fsp3) is 0.350. The van der Waals surface area contributed by atoms with E-state index in [0.29, 0.717) is 25.0 Å². The van der Waals surface area contributed by atoms with Gasteiger partial charge in [0.15, 0.2) is 0 Å². The lowest BCUT2D eigenvalue weighted by atomic mass is 10.2. The van der Waals surface area contributed by atoms with E-state index >= 15 is 0 Å². The number of para-hydroxylation sites is 1. The molecule has 2 aromatic carbocycles. The highest BCUT2D eigenvalue weighted by molar-refractivity contribution is 7.89. The predicted octanol–water partition coefficient (Wildman–Crippen LogP) is 3.39. The Hall–Kier alpha value is -2.38. The Balaban J connectivity index is 1.79. The number of nitrogens with one attached hydrogen (secondary N) is 1. The van der Waals surface area contributed by atoms with Gasteiger partial charge in [-0.15, -0.1) is 0 Å². The molecule has 0 amide bonds. The molecule has 146 valence electrons. The van der Waals surface area contributed by atoms with Crippen LogP contribution in [0.2, 0.25) is 0 Å². The average molecular weight is 391 g/mol. The summed E-state index contributed by atoms with van der Waals surface area (Å²) in [6.45, 7) is 4.36. The van der Waals surface area contributed by atoms with Crippen molar-refractivity contribution in [1.82, 2.24) is 4.72 Å². The van der Waals surface area contributed by atoms with Crippen LogP contribution in [0.25, 0.3) is 0 Å². The third-order valence-corrected chi connectivity index (χ3v) is 5.51. The highest BCUT2D eigenvalue weighted by atomic mass is 32.2. The first-order valence-electron chi connectivity index (χ1n) is 8.89. The van der Waals surface area contributed by atoms with Gasteiger partial charge in [0.2, 0.25) is 10.0 Å². The van der Waals surface area contributed by atoms with Gasteiger partial charge >= 0.3 is 5.97 Å². The van der Waals surface area contributed by atoms with Crippen LogP contribution < -0.4 is 9.46 Å². The molecule has 0 radical (unpaired) electrons. The molecule has 0 saturated heterocycles. The van der Waals surface area contributed by atoms with Gasteiger partial charge in [-0.2, -0.15) is 0 Å². The lowest BCUT2D eigenvalue weighted by molar-refractivity contribution is 0.0486. The standard InChI is InChI=1S/C20H25NO5S/c1-3-16(2)21-27(23,24)19-12-10-17(11-13-19)20(22)26-15-7-14-25-18-8-5-4-6-9-18/h4-6,8-13,16,21H,3,7,14-15H2,1-2H3. The fourth-order valence-electron chi connectivity index (χ4n) is 2.20. The van der Waals surface area contributed by atoms with E-state index < -0.39 is 16.0 Å². The molecule has 0 aromatic heterocycles. The normalized spacial score (nSPS) is 12.4. The van der Waals surface area contributed by atoms with Crippen molar-refractivity contribution in [2.75, 3.05) is 13.2 Å². The van der Waals surface area contributed by atoms with Gasteiger partial charge in [-0.05, 0) is 49.7 Å². The van der Waals surface area contributed by atoms with Crippen LogP contribution in [-0.4, -0.2) is 33.6 Å². The number of ether oxygens (including phenoxy) is 2. The summed E-state index contributed by atoms with van der Waals surface area (Å²) < 4.78 is 37.7. The zero-order valence-corrected chi connectivity index (χ0v) is 16.4. The molecule has 1 N–H and O–H groups in total. The first kappa shape index (κ1) is 20.9. The van der Waals surface area contributed by atoms with Gasteiger partial charge in [0.05, 0.1) is 23.7 Å². The van der Waals surface area contributed by atoms with Gasteiger partial charge in [-0.1, -0.05) is 25.1 Å². The molecule has 2 rings (SSSR count). The van der Waals surface area contributed by atoms with Crippen LogP contribution in [0.5, 0.6) is 5.75 Å². The van der Waals surface area contributed by atoms with Crippen molar-refractivity contribution in [3.8, 4) is 5.75 Å². The summed E-state index contributed by atoms with van der Waals surface area (Å²) in [6.07, 6.45) is 1.25. The van der Waals surface area contributed by atoms with Crippen LogP contribution in [0.15, 0.2) is 59.5 Å². The van der Waals surface area contributed by atoms with Crippen molar-refractivity contribution in [3.63, 3.8) is 0 Å². The highest BCUT2D eigenvalue weighted by Crippen LogP contribution is 2.13. The second-order valence-electron chi connectivity index (χ2n) is 6.11. The maximum atomic E-state index is 12.2. The van der Waals surface area contributed by atoms with Crippen LogP contribution in [-0.2, 0) is 14.8 Å².